The van der Waals surface area contributed by atoms with Gasteiger partial charge in [0.2, 0.25) is 0 Å². The van der Waals surface area contributed by atoms with E-state index in [0.717, 1.165) is 5.56 Å². The molecule has 2 nitrogen and oxygen atoms in total. The summed E-state index contributed by atoms with van der Waals surface area (Å²) < 4.78 is 0. The molecule has 2 atom stereocenters. The van der Waals surface area contributed by atoms with Crippen molar-refractivity contribution < 1.29 is 5.11 Å². The molecule has 0 spiro atoms. The number of benzene rings is 1. The van der Waals surface area contributed by atoms with Crippen LogP contribution in [0.25, 0.3) is 0 Å². The van der Waals surface area contributed by atoms with Crippen molar-refractivity contribution in [1.29, 1.82) is 0 Å². The van der Waals surface area contributed by atoms with E-state index in [1.165, 1.54) is 0 Å². The lowest BCUT2D eigenvalue weighted by Gasteiger charge is -2.22. The van der Waals surface area contributed by atoms with E-state index in [9.17, 15) is 5.11 Å². The Hall–Kier alpha value is -0.860. The quantitative estimate of drug-likeness (QED) is 0.767. The Labute approximate surface area is 86.0 Å². The Morgan fingerprint density at radius 2 is 1.64 bits per heavy atom. The monoisotopic (exact) mass is 193 g/mol. The molecule has 0 aliphatic rings. The second-order valence-corrected chi connectivity index (χ2v) is 3.97. The Morgan fingerprint density at radius 1 is 1.07 bits per heavy atom. The van der Waals surface area contributed by atoms with Crippen LogP contribution in [0.3, 0.4) is 0 Å². The van der Waals surface area contributed by atoms with Gasteiger partial charge in [-0.05, 0) is 12.5 Å². The molecular formula is C12H19NO. The number of hydrogen-bond donors (Lipinski definition) is 2. The normalized spacial score (nSPS) is 15.5. The maximum absolute atomic E-state index is 9.98. The van der Waals surface area contributed by atoms with Crippen molar-refractivity contribution in [2.45, 2.75) is 39.0 Å². The second kappa shape index (κ2) is 5.13. The highest BCUT2D eigenvalue weighted by Gasteiger charge is 2.15. The molecule has 0 unspecified atom stereocenters. The predicted octanol–water partition coefficient (Wildman–Crippen LogP) is 2.11. The van der Waals surface area contributed by atoms with Crippen LogP contribution in [0.1, 0.15) is 32.4 Å². The molecule has 0 aliphatic carbocycles. The van der Waals surface area contributed by atoms with Crippen molar-refractivity contribution in [3.05, 3.63) is 35.9 Å². The van der Waals surface area contributed by atoms with Gasteiger partial charge in [-0.1, -0.05) is 44.2 Å². The van der Waals surface area contributed by atoms with Crippen LogP contribution in [-0.4, -0.2) is 17.2 Å². The summed E-state index contributed by atoms with van der Waals surface area (Å²) in [5, 5.41) is 13.3. The van der Waals surface area contributed by atoms with E-state index in [4.69, 9.17) is 0 Å². The Kier molecular flexibility index (Phi) is 4.11. The molecule has 1 aromatic rings. The van der Waals surface area contributed by atoms with Gasteiger partial charge in [-0.2, -0.15) is 0 Å². The molecule has 2 heteroatoms. The molecule has 1 rings (SSSR count). The smallest absolute Gasteiger partial charge is 0.0940 e. The lowest BCUT2D eigenvalue weighted by Crippen LogP contribution is -2.36. The van der Waals surface area contributed by atoms with Crippen LogP contribution in [0.15, 0.2) is 30.3 Å². The predicted molar refractivity (Wildman–Crippen MR) is 59.1 cm³/mol. The Bertz CT molecular complexity index is 258. The fraction of sp³-hybridized carbons (Fsp3) is 0.500. The maximum Gasteiger partial charge on any atom is 0.0940 e. The fourth-order valence-corrected chi connectivity index (χ4v) is 1.56. The zero-order valence-electron chi connectivity index (χ0n) is 9.07. The van der Waals surface area contributed by atoms with Gasteiger partial charge in [0, 0.05) is 12.1 Å². The first-order valence-corrected chi connectivity index (χ1v) is 5.10. The van der Waals surface area contributed by atoms with Crippen LogP contribution in [-0.2, 0) is 0 Å². The molecule has 0 heterocycles. The molecule has 0 aromatic heterocycles. The van der Waals surface area contributed by atoms with E-state index in [1.54, 1.807) is 0 Å². The van der Waals surface area contributed by atoms with E-state index in [2.05, 4.69) is 19.2 Å². The van der Waals surface area contributed by atoms with Crippen molar-refractivity contribution in [1.82, 2.24) is 5.32 Å². The zero-order chi connectivity index (χ0) is 10.6. The van der Waals surface area contributed by atoms with Crippen molar-refractivity contribution in [3.8, 4) is 0 Å². The third kappa shape index (κ3) is 3.13. The lowest BCUT2D eigenvalue weighted by molar-refractivity contribution is 0.132. The highest BCUT2D eigenvalue weighted by molar-refractivity contribution is 5.18. The summed E-state index contributed by atoms with van der Waals surface area (Å²) >= 11 is 0. The van der Waals surface area contributed by atoms with Gasteiger partial charge >= 0.3 is 0 Å². The zero-order valence-corrected chi connectivity index (χ0v) is 9.07. The third-order valence-electron chi connectivity index (χ3n) is 2.21. The van der Waals surface area contributed by atoms with Gasteiger partial charge in [-0.3, -0.25) is 0 Å². The van der Waals surface area contributed by atoms with E-state index in [1.807, 2.05) is 37.3 Å². The number of aliphatic hydroxyl groups is 1. The summed E-state index contributed by atoms with van der Waals surface area (Å²) in [6.07, 6.45) is -0.432. The SMILES string of the molecule is CC(C)N[C@@H](C)[C@@H](O)c1ccccc1. The Morgan fingerprint density at radius 3 is 2.14 bits per heavy atom. The molecular weight excluding hydrogens is 174 g/mol. The summed E-state index contributed by atoms with van der Waals surface area (Å²) in [5.41, 5.74) is 0.966. The highest BCUT2D eigenvalue weighted by Crippen LogP contribution is 2.16. The summed E-state index contributed by atoms with van der Waals surface area (Å²) in [6.45, 7) is 6.15. The van der Waals surface area contributed by atoms with E-state index in [-0.39, 0.29) is 6.04 Å². The number of hydrogen-bond acceptors (Lipinski definition) is 2. The van der Waals surface area contributed by atoms with Crippen molar-refractivity contribution in [2.75, 3.05) is 0 Å². The van der Waals surface area contributed by atoms with Crippen LogP contribution in [0, 0.1) is 0 Å². The first-order valence-electron chi connectivity index (χ1n) is 5.10. The van der Waals surface area contributed by atoms with E-state index in [0.29, 0.717) is 6.04 Å². The minimum Gasteiger partial charge on any atom is -0.387 e. The molecule has 0 saturated carbocycles. The van der Waals surface area contributed by atoms with Crippen molar-refractivity contribution in [2.24, 2.45) is 0 Å². The van der Waals surface area contributed by atoms with Gasteiger partial charge in [-0.25, -0.2) is 0 Å². The third-order valence-corrected chi connectivity index (χ3v) is 2.21. The van der Waals surface area contributed by atoms with Gasteiger partial charge < -0.3 is 10.4 Å². The van der Waals surface area contributed by atoms with Gasteiger partial charge in [0.25, 0.3) is 0 Å². The first-order chi connectivity index (χ1) is 6.61. The molecule has 0 bridgehead atoms. The molecule has 0 saturated heterocycles. The van der Waals surface area contributed by atoms with Crippen LogP contribution >= 0.6 is 0 Å². The minimum atomic E-state index is -0.432. The Balaban J connectivity index is 2.61. The first kappa shape index (κ1) is 11.2. The molecule has 78 valence electrons. The van der Waals surface area contributed by atoms with Gasteiger partial charge in [0.05, 0.1) is 6.10 Å². The average Bonchev–Trinajstić information content (AvgIpc) is 2.17. The van der Waals surface area contributed by atoms with Crippen molar-refractivity contribution in [3.63, 3.8) is 0 Å². The molecule has 0 aliphatic heterocycles. The van der Waals surface area contributed by atoms with E-state index < -0.39 is 6.10 Å². The molecule has 1 aromatic carbocycles. The average molecular weight is 193 g/mol. The molecule has 0 amide bonds. The molecule has 0 fully saturated rings. The van der Waals surface area contributed by atoms with Gasteiger partial charge in [0.1, 0.15) is 0 Å². The van der Waals surface area contributed by atoms with Crippen LogP contribution in [0.2, 0.25) is 0 Å². The maximum atomic E-state index is 9.98. The number of aliphatic hydroxyl groups excluding tert-OH is 1. The molecule has 0 radical (unpaired) electrons. The van der Waals surface area contributed by atoms with Crippen molar-refractivity contribution >= 4 is 0 Å². The van der Waals surface area contributed by atoms with Gasteiger partial charge in [0.15, 0.2) is 0 Å². The number of nitrogens with one attached hydrogen (secondary N) is 1. The minimum absolute atomic E-state index is 0.0809. The van der Waals surface area contributed by atoms with E-state index >= 15 is 0 Å². The number of rotatable bonds is 4. The fourth-order valence-electron chi connectivity index (χ4n) is 1.56. The molecule has 14 heavy (non-hydrogen) atoms. The largest absolute Gasteiger partial charge is 0.387 e. The van der Waals surface area contributed by atoms with Crippen LogP contribution in [0.4, 0.5) is 0 Å². The summed E-state index contributed by atoms with van der Waals surface area (Å²) in [5.74, 6) is 0. The summed E-state index contributed by atoms with van der Waals surface area (Å²) in [7, 11) is 0. The highest BCUT2D eigenvalue weighted by atomic mass is 16.3. The standard InChI is InChI=1S/C12H19NO/c1-9(2)13-10(3)12(14)11-7-5-4-6-8-11/h4-10,12-14H,1-3H3/t10-,12+/m0/s1. The molecule has 2 N–H and O–H groups in total. The summed E-state index contributed by atoms with van der Waals surface area (Å²) in [4.78, 5) is 0. The summed E-state index contributed by atoms with van der Waals surface area (Å²) in [6, 6.07) is 10.2. The lowest BCUT2D eigenvalue weighted by atomic mass is 10.0. The van der Waals surface area contributed by atoms with Crippen LogP contribution < -0.4 is 5.32 Å². The topological polar surface area (TPSA) is 32.3 Å². The van der Waals surface area contributed by atoms with Gasteiger partial charge in [-0.15, -0.1) is 0 Å². The van der Waals surface area contributed by atoms with Crippen LogP contribution in [0.5, 0.6) is 0 Å². The second-order valence-electron chi connectivity index (χ2n) is 3.97.